The molecular weight excluding hydrogens is 482 g/mol. The number of benzene rings is 1. The zero-order valence-corrected chi connectivity index (χ0v) is 19.8. The lowest BCUT2D eigenvalue weighted by atomic mass is 9.97. The van der Waals surface area contributed by atoms with Gasteiger partial charge in [0.2, 0.25) is 12.4 Å². The number of carbonyl (C=O) groups excluding carboxylic acids is 5. The highest BCUT2D eigenvalue weighted by molar-refractivity contribution is 5.84. The SMILES string of the molecule is C=CCOC(=O)C1O[C@H](OC(=O)Nc2ccc(CO)cc2)C(OC(C)=O)C(OC(C)=O)C1OC(C)=O. The summed E-state index contributed by atoms with van der Waals surface area (Å²) in [7, 11) is 0. The minimum atomic E-state index is -1.79. The van der Waals surface area contributed by atoms with Crippen LogP contribution in [0.5, 0.6) is 0 Å². The second kappa shape index (κ2) is 13.2. The summed E-state index contributed by atoms with van der Waals surface area (Å²) in [5.74, 6) is -3.66. The monoisotopic (exact) mass is 509 g/mol. The molecule has 2 rings (SSSR count). The lowest BCUT2D eigenvalue weighted by molar-refractivity contribution is -0.287. The Kier molecular flexibility index (Phi) is 10.4. The standard InChI is InChI=1S/C23H27NO12/c1-5-10-31-21(29)19-17(32-12(2)26)18(33-13(3)27)20(34-14(4)28)22(35-19)36-23(30)24-16-8-6-15(11-25)7-9-16/h5-9,17-20,22,25H,1,10-11H2,2-4H3,(H,24,30)/t17?,18?,19?,20?,22-/m1/s1. The van der Waals surface area contributed by atoms with Crippen LogP contribution in [0.4, 0.5) is 10.5 Å². The first kappa shape index (κ1) is 28.3. The highest BCUT2D eigenvalue weighted by atomic mass is 16.8. The molecule has 1 aromatic rings. The van der Waals surface area contributed by atoms with Crippen molar-refractivity contribution in [3.8, 4) is 0 Å². The van der Waals surface area contributed by atoms with Crippen molar-refractivity contribution in [2.45, 2.75) is 58.1 Å². The average molecular weight is 509 g/mol. The maximum absolute atomic E-state index is 12.7. The van der Waals surface area contributed by atoms with Gasteiger partial charge in [0.15, 0.2) is 18.3 Å². The molecule has 1 heterocycles. The van der Waals surface area contributed by atoms with Crippen LogP contribution in [0.2, 0.25) is 0 Å². The van der Waals surface area contributed by atoms with Crippen LogP contribution >= 0.6 is 0 Å². The van der Waals surface area contributed by atoms with Gasteiger partial charge in [0.05, 0.1) is 6.61 Å². The molecule has 13 nitrogen and oxygen atoms in total. The molecule has 0 saturated carbocycles. The molecule has 36 heavy (non-hydrogen) atoms. The maximum Gasteiger partial charge on any atom is 0.414 e. The van der Waals surface area contributed by atoms with E-state index in [0.717, 1.165) is 20.8 Å². The third-order valence-corrected chi connectivity index (χ3v) is 4.58. The van der Waals surface area contributed by atoms with E-state index >= 15 is 0 Å². The van der Waals surface area contributed by atoms with Crippen LogP contribution in [-0.4, -0.2) is 72.4 Å². The molecule has 0 radical (unpaired) electrons. The summed E-state index contributed by atoms with van der Waals surface area (Å²) in [6.45, 7) is 6.11. The number of hydrogen-bond donors (Lipinski definition) is 2. The van der Waals surface area contributed by atoms with Crippen molar-refractivity contribution < 1.29 is 57.5 Å². The largest absolute Gasteiger partial charge is 0.459 e. The smallest absolute Gasteiger partial charge is 0.414 e. The number of carbonyl (C=O) groups is 5. The topological polar surface area (TPSA) is 173 Å². The van der Waals surface area contributed by atoms with E-state index in [4.69, 9.17) is 33.5 Å². The Balaban J connectivity index is 2.38. The van der Waals surface area contributed by atoms with E-state index in [9.17, 15) is 24.0 Å². The number of rotatable bonds is 9. The van der Waals surface area contributed by atoms with Gasteiger partial charge >= 0.3 is 30.0 Å². The predicted molar refractivity (Wildman–Crippen MR) is 119 cm³/mol. The minimum Gasteiger partial charge on any atom is -0.459 e. The second-order valence-electron chi connectivity index (χ2n) is 7.45. The minimum absolute atomic E-state index is 0.199. The Morgan fingerprint density at radius 1 is 0.917 bits per heavy atom. The molecule has 196 valence electrons. The second-order valence-corrected chi connectivity index (χ2v) is 7.45. The van der Waals surface area contributed by atoms with Crippen LogP contribution in [0, 0.1) is 0 Å². The molecule has 13 heteroatoms. The molecule has 1 fully saturated rings. The predicted octanol–water partition coefficient (Wildman–Crippen LogP) is 0.977. The molecule has 1 aliphatic rings. The van der Waals surface area contributed by atoms with Crippen LogP contribution in [0.1, 0.15) is 26.3 Å². The number of amides is 1. The van der Waals surface area contributed by atoms with E-state index in [1.165, 1.54) is 18.2 Å². The molecule has 4 unspecified atom stereocenters. The van der Waals surface area contributed by atoms with Gasteiger partial charge in [-0.15, -0.1) is 0 Å². The Labute approximate surface area is 206 Å². The molecule has 1 aromatic carbocycles. The number of aliphatic hydroxyl groups excluding tert-OH is 1. The highest BCUT2D eigenvalue weighted by Crippen LogP contribution is 2.30. The van der Waals surface area contributed by atoms with E-state index in [1.807, 2.05) is 0 Å². The molecule has 0 aromatic heterocycles. The molecule has 2 N–H and O–H groups in total. The molecule has 0 aliphatic carbocycles. The van der Waals surface area contributed by atoms with Crippen molar-refractivity contribution in [3.63, 3.8) is 0 Å². The van der Waals surface area contributed by atoms with Crippen LogP contribution < -0.4 is 5.32 Å². The van der Waals surface area contributed by atoms with Crippen molar-refractivity contribution in [1.82, 2.24) is 0 Å². The fourth-order valence-corrected chi connectivity index (χ4v) is 3.23. The summed E-state index contributed by atoms with van der Waals surface area (Å²) < 4.78 is 31.4. The summed E-state index contributed by atoms with van der Waals surface area (Å²) in [6, 6.07) is 6.10. The van der Waals surface area contributed by atoms with Crippen molar-refractivity contribution in [1.29, 1.82) is 0 Å². The van der Waals surface area contributed by atoms with Crippen molar-refractivity contribution >= 4 is 35.7 Å². The maximum atomic E-state index is 12.7. The van der Waals surface area contributed by atoms with E-state index in [1.54, 1.807) is 12.1 Å². The van der Waals surface area contributed by atoms with Crippen LogP contribution in [0.3, 0.4) is 0 Å². The Morgan fingerprint density at radius 3 is 2.00 bits per heavy atom. The number of anilines is 1. The Bertz CT molecular complexity index is 976. The van der Waals surface area contributed by atoms with Gasteiger partial charge in [0.1, 0.15) is 6.61 Å². The highest BCUT2D eigenvalue weighted by Gasteiger charge is 2.56. The number of ether oxygens (including phenoxy) is 6. The number of nitrogens with one attached hydrogen (secondary N) is 1. The third kappa shape index (κ3) is 8.06. The summed E-state index contributed by atoms with van der Waals surface area (Å²) in [5, 5.41) is 11.5. The zero-order valence-electron chi connectivity index (χ0n) is 19.8. The first-order valence-electron chi connectivity index (χ1n) is 10.7. The van der Waals surface area contributed by atoms with Crippen molar-refractivity contribution in [2.24, 2.45) is 0 Å². The third-order valence-electron chi connectivity index (χ3n) is 4.58. The summed E-state index contributed by atoms with van der Waals surface area (Å²) in [5.41, 5.74) is 0.884. The average Bonchev–Trinajstić information content (AvgIpc) is 2.80. The van der Waals surface area contributed by atoms with Crippen molar-refractivity contribution in [3.05, 3.63) is 42.5 Å². The molecular formula is C23H27NO12. The van der Waals surface area contributed by atoms with Gasteiger partial charge in [-0.3, -0.25) is 19.7 Å². The van der Waals surface area contributed by atoms with Gasteiger partial charge in [-0.25, -0.2) is 9.59 Å². The fourth-order valence-electron chi connectivity index (χ4n) is 3.23. The molecule has 5 atom stereocenters. The van der Waals surface area contributed by atoms with Gasteiger partial charge < -0.3 is 33.5 Å². The molecule has 0 bridgehead atoms. The lowest BCUT2D eigenvalue weighted by Gasteiger charge is -2.42. The van der Waals surface area contributed by atoms with Gasteiger partial charge in [-0.1, -0.05) is 24.8 Å². The summed E-state index contributed by atoms with van der Waals surface area (Å²) in [4.78, 5) is 60.7. The van der Waals surface area contributed by atoms with Crippen molar-refractivity contribution in [2.75, 3.05) is 11.9 Å². The molecule has 1 saturated heterocycles. The Hall–Kier alpha value is -3.97. The fraction of sp³-hybridized carbons (Fsp3) is 0.435. The molecule has 1 amide bonds. The zero-order chi connectivity index (χ0) is 26.8. The summed E-state index contributed by atoms with van der Waals surface area (Å²) in [6.07, 6.45) is -8.17. The number of esters is 4. The summed E-state index contributed by atoms with van der Waals surface area (Å²) >= 11 is 0. The van der Waals surface area contributed by atoms with E-state index in [2.05, 4.69) is 11.9 Å². The molecule has 1 aliphatic heterocycles. The normalized spacial score (nSPS) is 22.9. The number of hydrogen-bond acceptors (Lipinski definition) is 12. The quantitative estimate of drug-likeness (QED) is 0.275. The molecule has 0 spiro atoms. The van der Waals surface area contributed by atoms with E-state index in [0.29, 0.717) is 5.56 Å². The van der Waals surface area contributed by atoms with Gasteiger partial charge in [-0.2, -0.15) is 0 Å². The van der Waals surface area contributed by atoms with Crippen LogP contribution in [-0.2, 0) is 54.2 Å². The van der Waals surface area contributed by atoms with Gasteiger partial charge in [0, 0.05) is 26.5 Å². The van der Waals surface area contributed by atoms with Crippen LogP contribution in [0.25, 0.3) is 0 Å². The van der Waals surface area contributed by atoms with Crippen LogP contribution in [0.15, 0.2) is 36.9 Å². The van der Waals surface area contributed by atoms with Gasteiger partial charge in [0.25, 0.3) is 0 Å². The van der Waals surface area contributed by atoms with E-state index in [-0.39, 0.29) is 18.9 Å². The number of aliphatic hydroxyl groups is 1. The van der Waals surface area contributed by atoms with Gasteiger partial charge in [-0.05, 0) is 17.7 Å². The first-order chi connectivity index (χ1) is 17.0. The first-order valence-corrected chi connectivity index (χ1v) is 10.7. The Morgan fingerprint density at radius 2 is 1.47 bits per heavy atom. The lowest BCUT2D eigenvalue weighted by Crippen LogP contribution is -2.64. The van der Waals surface area contributed by atoms with E-state index < -0.39 is 60.7 Å².